The number of hydrogen-bond donors (Lipinski definition) is 3. The molecule has 28 heavy (non-hydrogen) atoms. The highest BCUT2D eigenvalue weighted by atomic mass is 32.1. The summed E-state index contributed by atoms with van der Waals surface area (Å²) in [7, 11) is 0. The minimum absolute atomic E-state index is 0.152. The van der Waals surface area contributed by atoms with Crippen LogP contribution in [0.15, 0.2) is 42.6 Å². The Balaban J connectivity index is 1.48. The topological polar surface area (TPSA) is 82.7 Å². The molecule has 7 heteroatoms. The molecule has 5 rings (SSSR count). The van der Waals surface area contributed by atoms with Crippen LogP contribution in [0.1, 0.15) is 25.9 Å². The number of thiazole rings is 1. The van der Waals surface area contributed by atoms with Crippen LogP contribution in [-0.2, 0) is 13.0 Å². The van der Waals surface area contributed by atoms with E-state index in [1.807, 2.05) is 37.4 Å². The normalized spacial score (nSPS) is 13.5. The average Bonchev–Trinajstić information content (AvgIpc) is 3.36. The Morgan fingerprint density at radius 1 is 1.18 bits per heavy atom. The van der Waals surface area contributed by atoms with Gasteiger partial charge in [-0.25, -0.2) is 4.98 Å². The van der Waals surface area contributed by atoms with E-state index in [0.29, 0.717) is 5.01 Å². The molecule has 1 aliphatic rings. The number of nitrogens with zero attached hydrogens (tertiary/aromatic N) is 2. The van der Waals surface area contributed by atoms with E-state index in [2.05, 4.69) is 37.9 Å². The summed E-state index contributed by atoms with van der Waals surface area (Å²) in [5.74, 6) is -0.152. The summed E-state index contributed by atoms with van der Waals surface area (Å²) in [5, 5.41) is 15.1. The lowest BCUT2D eigenvalue weighted by Crippen LogP contribution is -2.22. The fourth-order valence-corrected chi connectivity index (χ4v) is 4.64. The summed E-state index contributed by atoms with van der Waals surface area (Å²) in [6.07, 6.45) is 2.71. The Labute approximate surface area is 166 Å². The fraction of sp³-hybridized carbons (Fsp3) is 0.190. The Bertz CT molecular complexity index is 1170. The molecule has 2 aromatic heterocycles. The number of nitrogens with one attached hydrogen (secondary N) is 3. The van der Waals surface area contributed by atoms with Gasteiger partial charge in [0.05, 0.1) is 17.4 Å². The minimum atomic E-state index is -0.152. The highest BCUT2D eigenvalue weighted by Crippen LogP contribution is 2.33. The summed E-state index contributed by atoms with van der Waals surface area (Å²) < 4.78 is 0. The van der Waals surface area contributed by atoms with Crippen molar-refractivity contribution in [2.45, 2.75) is 19.9 Å². The second-order valence-corrected chi connectivity index (χ2v) is 7.97. The molecule has 0 saturated carbocycles. The van der Waals surface area contributed by atoms with E-state index in [1.165, 1.54) is 11.3 Å². The molecule has 0 spiro atoms. The van der Waals surface area contributed by atoms with Crippen molar-refractivity contribution < 1.29 is 4.79 Å². The van der Waals surface area contributed by atoms with Gasteiger partial charge >= 0.3 is 0 Å². The largest absolute Gasteiger partial charge is 0.320 e. The Morgan fingerprint density at radius 3 is 2.93 bits per heavy atom. The van der Waals surface area contributed by atoms with Gasteiger partial charge in [0.15, 0.2) is 5.01 Å². The molecule has 4 aromatic rings. The molecule has 1 amide bonds. The van der Waals surface area contributed by atoms with Gasteiger partial charge in [-0.2, -0.15) is 5.10 Å². The highest BCUT2D eigenvalue weighted by molar-refractivity contribution is 7.13. The molecular weight excluding hydrogens is 370 g/mol. The molecule has 0 unspecified atom stereocenters. The number of amides is 1. The first kappa shape index (κ1) is 17.1. The number of H-pyrrole nitrogens is 1. The molecule has 2 aromatic carbocycles. The quantitative estimate of drug-likeness (QED) is 0.496. The number of carbonyl (C=O) groups excluding carboxylic acids is 1. The fourth-order valence-electron chi connectivity index (χ4n) is 3.66. The lowest BCUT2D eigenvalue weighted by atomic mass is 9.96. The first-order chi connectivity index (χ1) is 13.7. The van der Waals surface area contributed by atoms with Crippen LogP contribution in [0, 0.1) is 6.92 Å². The van der Waals surface area contributed by atoms with Crippen LogP contribution in [0.2, 0.25) is 0 Å². The summed E-state index contributed by atoms with van der Waals surface area (Å²) in [4.78, 5) is 18.5. The van der Waals surface area contributed by atoms with Crippen molar-refractivity contribution in [3.8, 4) is 11.1 Å². The number of rotatable bonds is 3. The summed E-state index contributed by atoms with van der Waals surface area (Å²) in [6.45, 7) is 3.74. The van der Waals surface area contributed by atoms with E-state index in [0.717, 1.165) is 63.4 Å². The third kappa shape index (κ3) is 2.89. The maximum Gasteiger partial charge on any atom is 0.284 e. The second-order valence-electron chi connectivity index (χ2n) is 6.88. The third-order valence-corrected chi connectivity index (χ3v) is 6.25. The minimum Gasteiger partial charge on any atom is -0.320 e. The molecule has 0 radical (unpaired) electrons. The number of hydrogen-bond acceptors (Lipinski definition) is 5. The SMILES string of the molecule is Cc1c(NC(=O)c2nc3c(s2)CNCC3)cccc1-c1cccc2[nH]ncc12. The number of benzene rings is 2. The smallest absolute Gasteiger partial charge is 0.284 e. The third-order valence-electron chi connectivity index (χ3n) is 5.15. The Morgan fingerprint density at radius 2 is 2.04 bits per heavy atom. The highest BCUT2D eigenvalue weighted by Gasteiger charge is 2.20. The van der Waals surface area contributed by atoms with Gasteiger partial charge in [0.2, 0.25) is 0 Å². The average molecular weight is 389 g/mol. The maximum atomic E-state index is 12.8. The first-order valence-corrected chi connectivity index (χ1v) is 10.0. The predicted octanol–water partition coefficient (Wildman–Crippen LogP) is 3.89. The van der Waals surface area contributed by atoms with E-state index in [9.17, 15) is 4.79 Å². The van der Waals surface area contributed by atoms with Crippen molar-refractivity contribution in [1.82, 2.24) is 20.5 Å². The van der Waals surface area contributed by atoms with Crippen LogP contribution in [0.4, 0.5) is 5.69 Å². The zero-order valence-electron chi connectivity index (χ0n) is 15.4. The standard InChI is InChI=1S/C21H19N5OS/c1-12-13(14-5-3-7-17-15(14)10-23-26-17)4-2-6-16(12)24-20(27)21-25-18-8-9-22-11-19(18)28-21/h2-7,10,22H,8-9,11H2,1H3,(H,23,26)(H,24,27). The van der Waals surface area contributed by atoms with Crippen LogP contribution in [0.5, 0.6) is 0 Å². The summed E-state index contributed by atoms with van der Waals surface area (Å²) in [5.41, 5.74) is 6.03. The molecule has 6 nitrogen and oxygen atoms in total. The second kappa shape index (κ2) is 6.85. The van der Waals surface area contributed by atoms with Crippen LogP contribution in [-0.4, -0.2) is 27.6 Å². The van der Waals surface area contributed by atoms with Crippen LogP contribution in [0.25, 0.3) is 22.0 Å². The first-order valence-electron chi connectivity index (χ1n) is 9.23. The van der Waals surface area contributed by atoms with Gasteiger partial charge in [-0.15, -0.1) is 11.3 Å². The summed E-state index contributed by atoms with van der Waals surface area (Å²) >= 11 is 1.47. The number of carbonyl (C=O) groups is 1. The molecule has 0 bridgehead atoms. The van der Waals surface area contributed by atoms with Crippen LogP contribution >= 0.6 is 11.3 Å². The summed E-state index contributed by atoms with van der Waals surface area (Å²) in [6, 6.07) is 12.1. The Hall–Kier alpha value is -3.03. The molecule has 3 N–H and O–H groups in total. The van der Waals surface area contributed by atoms with Crippen LogP contribution in [0.3, 0.4) is 0 Å². The number of aromatic nitrogens is 3. The molecular formula is C21H19N5OS. The van der Waals surface area contributed by atoms with Crippen molar-refractivity contribution in [2.24, 2.45) is 0 Å². The van der Waals surface area contributed by atoms with E-state index >= 15 is 0 Å². The van der Waals surface area contributed by atoms with Gasteiger partial charge in [0, 0.05) is 35.5 Å². The molecule has 3 heterocycles. The van der Waals surface area contributed by atoms with Crippen molar-refractivity contribution >= 4 is 33.8 Å². The van der Waals surface area contributed by atoms with Gasteiger partial charge in [-0.05, 0) is 35.7 Å². The van der Waals surface area contributed by atoms with Gasteiger partial charge < -0.3 is 10.6 Å². The lowest BCUT2D eigenvalue weighted by molar-refractivity contribution is 0.102. The van der Waals surface area contributed by atoms with Gasteiger partial charge in [0.1, 0.15) is 0 Å². The van der Waals surface area contributed by atoms with Crippen molar-refractivity contribution in [1.29, 1.82) is 0 Å². The van der Waals surface area contributed by atoms with E-state index in [4.69, 9.17) is 0 Å². The number of anilines is 1. The predicted molar refractivity (Wildman–Crippen MR) is 112 cm³/mol. The molecule has 0 aliphatic carbocycles. The van der Waals surface area contributed by atoms with Crippen LogP contribution < -0.4 is 10.6 Å². The number of fused-ring (bicyclic) bond motifs is 2. The van der Waals surface area contributed by atoms with E-state index < -0.39 is 0 Å². The molecule has 0 saturated heterocycles. The van der Waals surface area contributed by atoms with Gasteiger partial charge in [-0.1, -0.05) is 24.3 Å². The van der Waals surface area contributed by atoms with Gasteiger partial charge in [0.25, 0.3) is 5.91 Å². The number of aromatic amines is 1. The zero-order chi connectivity index (χ0) is 19.1. The maximum absolute atomic E-state index is 12.8. The zero-order valence-corrected chi connectivity index (χ0v) is 16.2. The molecule has 140 valence electrons. The molecule has 0 atom stereocenters. The van der Waals surface area contributed by atoms with Crippen molar-refractivity contribution in [2.75, 3.05) is 11.9 Å². The van der Waals surface area contributed by atoms with Crippen molar-refractivity contribution in [3.63, 3.8) is 0 Å². The van der Waals surface area contributed by atoms with E-state index in [-0.39, 0.29) is 5.91 Å². The van der Waals surface area contributed by atoms with Crippen molar-refractivity contribution in [3.05, 3.63) is 63.7 Å². The van der Waals surface area contributed by atoms with E-state index in [1.54, 1.807) is 0 Å². The lowest BCUT2D eigenvalue weighted by Gasteiger charge is -2.13. The Kier molecular flexibility index (Phi) is 4.18. The monoisotopic (exact) mass is 389 g/mol. The molecule has 0 fully saturated rings. The molecule has 1 aliphatic heterocycles. The van der Waals surface area contributed by atoms with Gasteiger partial charge in [-0.3, -0.25) is 9.89 Å².